The Kier molecular flexibility index (Phi) is 3.53. The van der Waals surface area contributed by atoms with Gasteiger partial charge in [-0.15, -0.1) is 0 Å². The highest BCUT2D eigenvalue weighted by atomic mass is 79.9. The molecule has 0 saturated heterocycles. The van der Waals surface area contributed by atoms with Crippen molar-refractivity contribution in [3.05, 3.63) is 22.3 Å². The van der Waals surface area contributed by atoms with Crippen LogP contribution in [0.25, 0.3) is 0 Å². The van der Waals surface area contributed by atoms with E-state index in [-0.39, 0.29) is 0 Å². The van der Waals surface area contributed by atoms with Gasteiger partial charge in [0, 0.05) is 23.3 Å². The minimum atomic E-state index is 0.686. The van der Waals surface area contributed by atoms with Crippen LogP contribution in [0.15, 0.2) is 16.7 Å². The highest BCUT2D eigenvalue weighted by Crippen LogP contribution is 2.32. The van der Waals surface area contributed by atoms with Crippen molar-refractivity contribution in [1.82, 2.24) is 4.98 Å². The first-order chi connectivity index (χ1) is 7.58. The van der Waals surface area contributed by atoms with Gasteiger partial charge in [-0.2, -0.15) is 0 Å². The Morgan fingerprint density at radius 1 is 1.50 bits per heavy atom. The van der Waals surface area contributed by atoms with E-state index < -0.39 is 0 Å². The molecule has 0 atom stereocenters. The standard InChI is InChI=1S/C13H19BrN2/c1-9(2)8-16(11-4-5-11)13-6-10(3)12(14)7-15-13/h6-7,9,11H,4-5,8H2,1-3H3. The number of hydrogen-bond acceptors (Lipinski definition) is 2. The lowest BCUT2D eigenvalue weighted by Gasteiger charge is -2.25. The molecule has 2 rings (SSSR count). The van der Waals surface area contributed by atoms with Crippen molar-refractivity contribution in [2.24, 2.45) is 5.92 Å². The summed E-state index contributed by atoms with van der Waals surface area (Å²) in [4.78, 5) is 7.00. The average Bonchev–Trinajstić information content (AvgIpc) is 3.02. The zero-order chi connectivity index (χ0) is 11.7. The van der Waals surface area contributed by atoms with Gasteiger partial charge in [-0.05, 0) is 53.2 Å². The van der Waals surface area contributed by atoms with Crippen molar-refractivity contribution in [1.29, 1.82) is 0 Å². The molecule has 0 spiro atoms. The van der Waals surface area contributed by atoms with Crippen LogP contribution in [-0.4, -0.2) is 17.6 Å². The first kappa shape index (κ1) is 11.9. The van der Waals surface area contributed by atoms with Crippen LogP contribution in [0.2, 0.25) is 0 Å². The van der Waals surface area contributed by atoms with E-state index in [1.165, 1.54) is 18.4 Å². The Bertz CT molecular complexity index is 372. The van der Waals surface area contributed by atoms with Crippen molar-refractivity contribution < 1.29 is 0 Å². The Balaban J connectivity index is 2.20. The summed E-state index contributed by atoms with van der Waals surface area (Å²) in [6.45, 7) is 7.76. The molecule has 0 unspecified atom stereocenters. The van der Waals surface area contributed by atoms with Crippen LogP contribution in [-0.2, 0) is 0 Å². The lowest BCUT2D eigenvalue weighted by molar-refractivity contribution is 0.602. The van der Waals surface area contributed by atoms with E-state index in [4.69, 9.17) is 0 Å². The number of nitrogens with zero attached hydrogens (tertiary/aromatic N) is 2. The van der Waals surface area contributed by atoms with Crippen molar-refractivity contribution in [2.75, 3.05) is 11.4 Å². The third kappa shape index (κ3) is 2.76. The second kappa shape index (κ2) is 4.74. The van der Waals surface area contributed by atoms with Gasteiger partial charge in [0.05, 0.1) is 0 Å². The highest BCUT2D eigenvalue weighted by Gasteiger charge is 2.30. The SMILES string of the molecule is Cc1cc(N(CC(C)C)C2CC2)ncc1Br. The molecule has 3 heteroatoms. The minimum absolute atomic E-state index is 0.686. The molecule has 1 heterocycles. The van der Waals surface area contributed by atoms with Gasteiger partial charge in [0.25, 0.3) is 0 Å². The van der Waals surface area contributed by atoms with Gasteiger partial charge in [-0.25, -0.2) is 4.98 Å². The summed E-state index contributed by atoms with van der Waals surface area (Å²) in [5, 5.41) is 0. The first-order valence-electron chi connectivity index (χ1n) is 5.96. The lowest BCUT2D eigenvalue weighted by atomic mass is 10.2. The van der Waals surface area contributed by atoms with Crippen LogP contribution in [0, 0.1) is 12.8 Å². The Labute approximate surface area is 106 Å². The summed E-state index contributed by atoms with van der Waals surface area (Å²) in [6, 6.07) is 2.92. The third-order valence-corrected chi connectivity index (χ3v) is 3.71. The normalized spacial score (nSPS) is 15.6. The fraction of sp³-hybridized carbons (Fsp3) is 0.615. The zero-order valence-electron chi connectivity index (χ0n) is 10.2. The van der Waals surface area contributed by atoms with E-state index in [1.54, 1.807) is 0 Å². The Morgan fingerprint density at radius 3 is 2.69 bits per heavy atom. The maximum absolute atomic E-state index is 4.53. The molecule has 0 N–H and O–H groups in total. The predicted octanol–water partition coefficient (Wildman–Crippen LogP) is 3.78. The van der Waals surface area contributed by atoms with Crippen molar-refractivity contribution in [3.8, 4) is 0 Å². The van der Waals surface area contributed by atoms with E-state index in [9.17, 15) is 0 Å². The molecule has 0 aromatic carbocycles. The van der Waals surface area contributed by atoms with Gasteiger partial charge in [-0.1, -0.05) is 13.8 Å². The van der Waals surface area contributed by atoms with Crippen molar-refractivity contribution >= 4 is 21.7 Å². The van der Waals surface area contributed by atoms with Crippen LogP contribution >= 0.6 is 15.9 Å². The maximum Gasteiger partial charge on any atom is 0.129 e. The van der Waals surface area contributed by atoms with E-state index in [1.807, 2.05) is 6.20 Å². The summed E-state index contributed by atoms with van der Waals surface area (Å²) >= 11 is 3.50. The number of aryl methyl sites for hydroxylation is 1. The predicted molar refractivity (Wildman–Crippen MR) is 71.9 cm³/mol. The number of rotatable bonds is 4. The quantitative estimate of drug-likeness (QED) is 0.836. The molecule has 1 aromatic rings. The molecule has 0 aliphatic heterocycles. The molecule has 1 aliphatic carbocycles. The fourth-order valence-electron chi connectivity index (χ4n) is 1.89. The summed E-state index contributed by atoms with van der Waals surface area (Å²) in [5.74, 6) is 1.82. The van der Waals surface area contributed by atoms with Crippen LogP contribution < -0.4 is 4.90 Å². The molecule has 16 heavy (non-hydrogen) atoms. The van der Waals surface area contributed by atoms with Gasteiger partial charge in [0.15, 0.2) is 0 Å². The van der Waals surface area contributed by atoms with Crippen LogP contribution in [0.3, 0.4) is 0 Å². The topological polar surface area (TPSA) is 16.1 Å². The van der Waals surface area contributed by atoms with Gasteiger partial charge < -0.3 is 4.90 Å². The van der Waals surface area contributed by atoms with Gasteiger partial charge in [0.1, 0.15) is 5.82 Å². The largest absolute Gasteiger partial charge is 0.353 e. The molecule has 2 nitrogen and oxygen atoms in total. The Morgan fingerprint density at radius 2 is 2.19 bits per heavy atom. The van der Waals surface area contributed by atoms with Gasteiger partial charge >= 0.3 is 0 Å². The maximum atomic E-state index is 4.53. The Hall–Kier alpha value is -0.570. The minimum Gasteiger partial charge on any atom is -0.353 e. The second-order valence-electron chi connectivity index (χ2n) is 5.07. The molecule has 1 aromatic heterocycles. The summed E-state index contributed by atoms with van der Waals surface area (Å²) in [7, 11) is 0. The highest BCUT2D eigenvalue weighted by molar-refractivity contribution is 9.10. The molecule has 0 amide bonds. The van der Waals surface area contributed by atoms with Crippen molar-refractivity contribution in [3.63, 3.8) is 0 Å². The molecular weight excluding hydrogens is 264 g/mol. The molecule has 1 aliphatic rings. The molecule has 88 valence electrons. The summed E-state index contributed by atoms with van der Waals surface area (Å²) < 4.78 is 1.09. The molecule has 1 saturated carbocycles. The van der Waals surface area contributed by atoms with E-state index in [0.717, 1.165) is 22.9 Å². The number of hydrogen-bond donors (Lipinski definition) is 0. The van der Waals surface area contributed by atoms with Crippen LogP contribution in [0.1, 0.15) is 32.3 Å². The van der Waals surface area contributed by atoms with Crippen LogP contribution in [0.5, 0.6) is 0 Å². The van der Waals surface area contributed by atoms with Crippen LogP contribution in [0.4, 0.5) is 5.82 Å². The first-order valence-corrected chi connectivity index (χ1v) is 6.76. The zero-order valence-corrected chi connectivity index (χ0v) is 11.8. The fourth-order valence-corrected chi connectivity index (χ4v) is 2.11. The van der Waals surface area contributed by atoms with E-state index in [0.29, 0.717) is 5.92 Å². The van der Waals surface area contributed by atoms with E-state index >= 15 is 0 Å². The molecular formula is C13H19BrN2. The smallest absolute Gasteiger partial charge is 0.129 e. The molecule has 0 bridgehead atoms. The lowest BCUT2D eigenvalue weighted by Crippen LogP contribution is -2.30. The van der Waals surface area contributed by atoms with E-state index in [2.05, 4.69) is 52.7 Å². The van der Waals surface area contributed by atoms with Gasteiger partial charge in [0.2, 0.25) is 0 Å². The molecule has 1 fully saturated rings. The summed E-state index contributed by atoms with van der Waals surface area (Å²) in [5.41, 5.74) is 1.26. The number of anilines is 1. The summed E-state index contributed by atoms with van der Waals surface area (Å²) in [6.07, 6.45) is 4.56. The van der Waals surface area contributed by atoms with Crippen molar-refractivity contribution in [2.45, 2.75) is 39.7 Å². The average molecular weight is 283 g/mol. The molecule has 0 radical (unpaired) electrons. The number of halogens is 1. The second-order valence-corrected chi connectivity index (χ2v) is 5.92. The third-order valence-electron chi connectivity index (χ3n) is 2.88. The number of pyridine rings is 1. The van der Waals surface area contributed by atoms with Gasteiger partial charge in [-0.3, -0.25) is 0 Å². The monoisotopic (exact) mass is 282 g/mol. The number of aromatic nitrogens is 1.